The van der Waals surface area contributed by atoms with Crippen molar-refractivity contribution in [3.8, 4) is 17.1 Å². The Labute approximate surface area is 181 Å². The monoisotopic (exact) mass is 430 g/mol. The lowest BCUT2D eigenvalue weighted by molar-refractivity contribution is 0.0286. The molecule has 0 N–H and O–H groups in total. The highest BCUT2D eigenvalue weighted by atomic mass is 32.1. The van der Waals surface area contributed by atoms with Crippen molar-refractivity contribution < 1.29 is 13.9 Å². The van der Waals surface area contributed by atoms with Crippen molar-refractivity contribution in [2.45, 2.75) is 20.0 Å². The fraction of sp³-hybridized carbons (Fsp3) is 0.130. The standard InChI is InChI=1S/C23H18N4O3S/c1-14-18-13-19(31-22(18)27(26-14)17-11-7-4-8-12-17)23(28)29-15(2)20-24-25-21(30-20)16-9-5-3-6-10-16/h3-13,15H,1-2H3. The Hall–Kier alpha value is -3.78. The van der Waals surface area contributed by atoms with Crippen LogP contribution >= 0.6 is 11.3 Å². The highest BCUT2D eigenvalue weighted by molar-refractivity contribution is 7.20. The number of aryl methyl sites for hydroxylation is 1. The van der Waals surface area contributed by atoms with Crippen LogP contribution in [0.5, 0.6) is 0 Å². The average Bonchev–Trinajstić information content (AvgIpc) is 3.52. The van der Waals surface area contributed by atoms with Crippen LogP contribution in [-0.4, -0.2) is 25.9 Å². The van der Waals surface area contributed by atoms with Gasteiger partial charge in [-0.05, 0) is 44.2 Å². The second-order valence-electron chi connectivity index (χ2n) is 7.02. The Kier molecular flexibility index (Phi) is 4.83. The molecule has 0 bridgehead atoms. The highest BCUT2D eigenvalue weighted by Crippen LogP contribution is 2.32. The van der Waals surface area contributed by atoms with Crippen LogP contribution in [0, 0.1) is 6.92 Å². The van der Waals surface area contributed by atoms with Crippen LogP contribution in [0.1, 0.15) is 34.3 Å². The maximum Gasteiger partial charge on any atom is 0.349 e. The summed E-state index contributed by atoms with van der Waals surface area (Å²) >= 11 is 1.35. The number of hydrogen-bond donors (Lipinski definition) is 0. The number of para-hydroxylation sites is 1. The van der Waals surface area contributed by atoms with Crippen LogP contribution in [0.25, 0.3) is 27.4 Å². The van der Waals surface area contributed by atoms with Crippen molar-refractivity contribution in [3.63, 3.8) is 0 Å². The highest BCUT2D eigenvalue weighted by Gasteiger charge is 2.23. The Bertz CT molecular complexity index is 1360. The normalized spacial score (nSPS) is 12.2. The second-order valence-corrected chi connectivity index (χ2v) is 8.05. The molecule has 3 aromatic heterocycles. The molecule has 0 fully saturated rings. The minimum Gasteiger partial charge on any atom is -0.448 e. The number of nitrogens with zero attached hydrogens (tertiary/aromatic N) is 4. The predicted octanol–water partition coefficient (Wildman–Crippen LogP) is 5.36. The van der Waals surface area contributed by atoms with Gasteiger partial charge in [-0.15, -0.1) is 21.5 Å². The van der Waals surface area contributed by atoms with Crippen molar-refractivity contribution in [2.24, 2.45) is 0 Å². The minimum atomic E-state index is -0.672. The molecule has 8 heteroatoms. The molecule has 0 aliphatic rings. The first-order chi connectivity index (χ1) is 15.1. The van der Waals surface area contributed by atoms with Gasteiger partial charge in [-0.1, -0.05) is 36.4 Å². The maximum absolute atomic E-state index is 12.8. The molecule has 2 aromatic carbocycles. The number of fused-ring (bicyclic) bond motifs is 1. The summed E-state index contributed by atoms with van der Waals surface area (Å²) in [6.45, 7) is 3.64. The molecular weight excluding hydrogens is 412 g/mol. The number of hydrogen-bond acceptors (Lipinski definition) is 7. The van der Waals surface area contributed by atoms with Gasteiger partial charge in [0.2, 0.25) is 5.89 Å². The first kappa shape index (κ1) is 19.2. The van der Waals surface area contributed by atoms with E-state index in [0.29, 0.717) is 10.8 Å². The van der Waals surface area contributed by atoms with Crippen molar-refractivity contribution in [2.75, 3.05) is 0 Å². The number of rotatable bonds is 5. The predicted molar refractivity (Wildman–Crippen MR) is 117 cm³/mol. The van der Waals surface area contributed by atoms with Gasteiger partial charge in [-0.2, -0.15) is 5.10 Å². The zero-order chi connectivity index (χ0) is 21.4. The number of thiophene rings is 1. The molecule has 154 valence electrons. The van der Waals surface area contributed by atoms with Crippen LogP contribution in [0.2, 0.25) is 0 Å². The molecule has 5 rings (SSSR count). The molecule has 1 atom stereocenters. The van der Waals surface area contributed by atoms with E-state index < -0.39 is 12.1 Å². The number of ether oxygens (including phenoxy) is 1. The van der Waals surface area contributed by atoms with Gasteiger partial charge in [0.25, 0.3) is 5.89 Å². The molecule has 0 saturated heterocycles. The lowest BCUT2D eigenvalue weighted by Gasteiger charge is -2.08. The average molecular weight is 430 g/mol. The van der Waals surface area contributed by atoms with Crippen LogP contribution in [-0.2, 0) is 4.74 Å². The van der Waals surface area contributed by atoms with Crippen LogP contribution in [0.4, 0.5) is 0 Å². The molecule has 0 saturated carbocycles. The van der Waals surface area contributed by atoms with E-state index in [-0.39, 0.29) is 5.89 Å². The Balaban J connectivity index is 1.38. The van der Waals surface area contributed by atoms with Gasteiger partial charge in [0, 0.05) is 10.9 Å². The first-order valence-electron chi connectivity index (χ1n) is 9.74. The van der Waals surface area contributed by atoms with E-state index in [0.717, 1.165) is 27.2 Å². The number of aromatic nitrogens is 4. The quantitative estimate of drug-likeness (QED) is 0.349. The molecule has 0 aliphatic heterocycles. The van der Waals surface area contributed by atoms with E-state index >= 15 is 0 Å². The largest absolute Gasteiger partial charge is 0.448 e. The van der Waals surface area contributed by atoms with Gasteiger partial charge in [-0.3, -0.25) is 0 Å². The van der Waals surface area contributed by atoms with E-state index in [1.54, 1.807) is 6.92 Å². The molecule has 0 aliphatic carbocycles. The zero-order valence-corrected chi connectivity index (χ0v) is 17.7. The molecule has 5 aromatic rings. The van der Waals surface area contributed by atoms with E-state index in [9.17, 15) is 4.79 Å². The van der Waals surface area contributed by atoms with Crippen molar-refractivity contribution >= 4 is 27.5 Å². The molecule has 1 unspecified atom stereocenters. The third-order valence-electron chi connectivity index (χ3n) is 4.84. The number of benzene rings is 2. The van der Waals surface area contributed by atoms with Crippen LogP contribution in [0.15, 0.2) is 71.1 Å². The van der Waals surface area contributed by atoms with Crippen molar-refractivity contribution in [3.05, 3.63) is 83.2 Å². The van der Waals surface area contributed by atoms with E-state index in [4.69, 9.17) is 9.15 Å². The number of carbonyl (C=O) groups excluding carboxylic acids is 1. The second kappa shape index (κ2) is 7.81. The summed E-state index contributed by atoms with van der Waals surface area (Å²) in [7, 11) is 0. The molecule has 31 heavy (non-hydrogen) atoms. The maximum atomic E-state index is 12.8. The molecule has 0 radical (unpaired) electrons. The van der Waals surface area contributed by atoms with Crippen LogP contribution in [0.3, 0.4) is 0 Å². The summed E-state index contributed by atoms with van der Waals surface area (Å²) in [5, 5.41) is 13.6. The van der Waals surface area contributed by atoms with Crippen molar-refractivity contribution in [1.82, 2.24) is 20.0 Å². The van der Waals surface area contributed by atoms with Crippen LogP contribution < -0.4 is 0 Å². The SMILES string of the molecule is Cc1nn(-c2ccccc2)c2sc(C(=O)OC(C)c3nnc(-c4ccccc4)o3)cc12. The van der Waals surface area contributed by atoms with Crippen molar-refractivity contribution in [1.29, 1.82) is 0 Å². The molecular formula is C23H18N4O3S. The zero-order valence-electron chi connectivity index (χ0n) is 16.9. The lowest BCUT2D eigenvalue weighted by Crippen LogP contribution is -2.08. The Morgan fingerprint density at radius 1 is 1.06 bits per heavy atom. The smallest absolute Gasteiger partial charge is 0.349 e. The third-order valence-corrected chi connectivity index (χ3v) is 5.93. The summed E-state index contributed by atoms with van der Waals surface area (Å²) in [5.41, 5.74) is 2.60. The molecule has 3 heterocycles. The summed E-state index contributed by atoms with van der Waals surface area (Å²) in [4.78, 5) is 14.2. The lowest BCUT2D eigenvalue weighted by atomic mass is 10.2. The fourth-order valence-electron chi connectivity index (χ4n) is 3.26. The third kappa shape index (κ3) is 3.62. The Morgan fingerprint density at radius 3 is 2.52 bits per heavy atom. The number of esters is 1. The topological polar surface area (TPSA) is 83.0 Å². The Morgan fingerprint density at radius 2 is 1.77 bits per heavy atom. The summed E-state index contributed by atoms with van der Waals surface area (Å²) < 4.78 is 13.1. The summed E-state index contributed by atoms with van der Waals surface area (Å²) in [6.07, 6.45) is -0.672. The van der Waals surface area contributed by atoms with Gasteiger partial charge >= 0.3 is 5.97 Å². The van der Waals surface area contributed by atoms with Gasteiger partial charge in [0.1, 0.15) is 9.71 Å². The van der Waals surface area contributed by atoms with Gasteiger partial charge < -0.3 is 9.15 Å². The minimum absolute atomic E-state index is 0.250. The first-order valence-corrected chi connectivity index (χ1v) is 10.6. The van der Waals surface area contributed by atoms with Gasteiger partial charge in [0.15, 0.2) is 6.10 Å². The van der Waals surface area contributed by atoms with Gasteiger partial charge in [-0.25, -0.2) is 9.48 Å². The van der Waals surface area contributed by atoms with E-state index in [1.165, 1.54) is 11.3 Å². The van der Waals surface area contributed by atoms with Gasteiger partial charge in [0.05, 0.1) is 11.4 Å². The molecule has 0 amide bonds. The fourth-order valence-corrected chi connectivity index (χ4v) is 4.32. The summed E-state index contributed by atoms with van der Waals surface area (Å²) in [5.74, 6) is 0.200. The number of carbonyl (C=O) groups is 1. The summed E-state index contributed by atoms with van der Waals surface area (Å²) in [6, 6.07) is 21.1. The molecule has 7 nitrogen and oxygen atoms in total. The molecule has 0 spiro atoms. The van der Waals surface area contributed by atoms with E-state index in [2.05, 4.69) is 15.3 Å². The van der Waals surface area contributed by atoms with E-state index in [1.807, 2.05) is 78.3 Å².